The zero-order valence-corrected chi connectivity index (χ0v) is 13.1. The van der Waals surface area contributed by atoms with E-state index in [0.29, 0.717) is 11.8 Å². The normalized spacial score (nSPS) is 27.0. The Kier molecular flexibility index (Phi) is 2.81. The van der Waals surface area contributed by atoms with Crippen LogP contribution in [-0.4, -0.2) is 33.6 Å². The number of aryl methyl sites for hydroxylation is 1. The van der Waals surface area contributed by atoms with Crippen molar-refractivity contribution in [3.63, 3.8) is 0 Å². The Hall–Kier alpha value is -1.95. The highest BCUT2D eigenvalue weighted by molar-refractivity contribution is 5.83. The van der Waals surface area contributed by atoms with Gasteiger partial charge in [0, 0.05) is 12.1 Å². The van der Waals surface area contributed by atoms with Crippen molar-refractivity contribution in [2.45, 2.75) is 26.3 Å². The Morgan fingerprint density at radius 3 is 2.82 bits per heavy atom. The molecule has 2 aromatic rings. The maximum Gasteiger partial charge on any atom is 0.224 e. The number of carbonyl (C=O) groups is 1. The maximum atomic E-state index is 12.5. The van der Waals surface area contributed by atoms with Gasteiger partial charge >= 0.3 is 0 Å². The third-order valence-corrected chi connectivity index (χ3v) is 5.02. The number of hydrogen-bond acceptors (Lipinski definition) is 4. The minimum Gasteiger partial charge on any atom is -0.344 e. The molecule has 1 aliphatic heterocycles. The summed E-state index contributed by atoms with van der Waals surface area (Å²) in [5, 5.41) is 15.1. The van der Waals surface area contributed by atoms with Crippen LogP contribution in [0.25, 0.3) is 5.65 Å². The summed E-state index contributed by atoms with van der Waals surface area (Å²) < 4.78 is 1.96. The SMILES string of the molecule is Cc1cccn2c(C(C)(C)NC(=O)C3C4CNCC43)nnc12. The minimum absolute atomic E-state index is 0.144. The van der Waals surface area contributed by atoms with Crippen molar-refractivity contribution in [2.75, 3.05) is 13.1 Å². The third-order valence-electron chi connectivity index (χ3n) is 5.02. The van der Waals surface area contributed by atoms with E-state index in [1.807, 2.05) is 43.5 Å². The number of amides is 1. The molecule has 2 N–H and O–H groups in total. The zero-order chi connectivity index (χ0) is 15.5. The molecule has 3 heterocycles. The second-order valence-corrected chi connectivity index (χ2v) is 7.03. The highest BCUT2D eigenvalue weighted by Crippen LogP contribution is 2.49. The van der Waals surface area contributed by atoms with Crippen molar-refractivity contribution >= 4 is 11.6 Å². The average molecular weight is 299 g/mol. The van der Waals surface area contributed by atoms with Crippen LogP contribution in [0.15, 0.2) is 18.3 Å². The van der Waals surface area contributed by atoms with Crippen LogP contribution in [0.1, 0.15) is 25.2 Å². The van der Waals surface area contributed by atoms with Crippen LogP contribution in [0, 0.1) is 24.7 Å². The first-order valence-corrected chi connectivity index (χ1v) is 7.82. The van der Waals surface area contributed by atoms with E-state index in [2.05, 4.69) is 20.8 Å². The van der Waals surface area contributed by atoms with Gasteiger partial charge in [-0.2, -0.15) is 0 Å². The van der Waals surface area contributed by atoms with Gasteiger partial charge in [-0.15, -0.1) is 10.2 Å². The first-order chi connectivity index (χ1) is 10.5. The minimum atomic E-state index is -0.547. The highest BCUT2D eigenvalue weighted by atomic mass is 16.2. The number of nitrogens with one attached hydrogen (secondary N) is 2. The van der Waals surface area contributed by atoms with Gasteiger partial charge < -0.3 is 10.6 Å². The predicted molar refractivity (Wildman–Crippen MR) is 82.2 cm³/mol. The Balaban J connectivity index is 1.59. The predicted octanol–water partition coefficient (Wildman–Crippen LogP) is 0.854. The topological polar surface area (TPSA) is 71.3 Å². The summed E-state index contributed by atoms with van der Waals surface area (Å²) in [6.07, 6.45) is 1.95. The molecule has 0 bridgehead atoms. The molecule has 0 aromatic carbocycles. The lowest BCUT2D eigenvalue weighted by atomic mass is 10.0. The number of piperidine rings is 1. The van der Waals surface area contributed by atoms with E-state index in [4.69, 9.17) is 0 Å². The number of rotatable bonds is 3. The van der Waals surface area contributed by atoms with Crippen LogP contribution in [-0.2, 0) is 10.3 Å². The van der Waals surface area contributed by atoms with Crippen LogP contribution in [0.5, 0.6) is 0 Å². The highest BCUT2D eigenvalue weighted by Gasteiger charge is 2.57. The monoisotopic (exact) mass is 299 g/mol. The number of aromatic nitrogens is 3. The molecule has 1 saturated heterocycles. The summed E-state index contributed by atoms with van der Waals surface area (Å²) >= 11 is 0. The summed E-state index contributed by atoms with van der Waals surface area (Å²) in [5.41, 5.74) is 1.37. The van der Waals surface area contributed by atoms with Gasteiger partial charge in [0.25, 0.3) is 0 Å². The van der Waals surface area contributed by atoms with Gasteiger partial charge in [-0.3, -0.25) is 9.20 Å². The van der Waals surface area contributed by atoms with E-state index < -0.39 is 5.54 Å². The lowest BCUT2D eigenvalue weighted by Gasteiger charge is -2.25. The van der Waals surface area contributed by atoms with Crippen molar-refractivity contribution in [1.82, 2.24) is 25.2 Å². The van der Waals surface area contributed by atoms with Gasteiger partial charge in [-0.05, 0) is 57.3 Å². The van der Waals surface area contributed by atoms with E-state index >= 15 is 0 Å². The molecule has 0 radical (unpaired) electrons. The van der Waals surface area contributed by atoms with E-state index in [1.54, 1.807) is 0 Å². The van der Waals surface area contributed by atoms with E-state index in [-0.39, 0.29) is 11.8 Å². The largest absolute Gasteiger partial charge is 0.344 e. The maximum absolute atomic E-state index is 12.5. The van der Waals surface area contributed by atoms with E-state index in [9.17, 15) is 4.79 Å². The van der Waals surface area contributed by atoms with Crippen LogP contribution >= 0.6 is 0 Å². The molecule has 6 nitrogen and oxygen atoms in total. The quantitative estimate of drug-likeness (QED) is 0.881. The molecule has 116 valence electrons. The molecule has 4 rings (SSSR count). The molecule has 1 aliphatic carbocycles. The van der Waals surface area contributed by atoms with Gasteiger partial charge in [0.05, 0.1) is 5.54 Å². The van der Waals surface area contributed by atoms with Crippen molar-refractivity contribution in [3.8, 4) is 0 Å². The van der Waals surface area contributed by atoms with Gasteiger partial charge in [0.1, 0.15) is 0 Å². The van der Waals surface area contributed by atoms with Gasteiger partial charge in [-0.1, -0.05) is 6.07 Å². The lowest BCUT2D eigenvalue weighted by molar-refractivity contribution is -0.124. The summed E-state index contributed by atoms with van der Waals surface area (Å²) in [6, 6.07) is 3.99. The smallest absolute Gasteiger partial charge is 0.224 e. The Bertz CT molecular complexity index is 740. The van der Waals surface area contributed by atoms with Gasteiger partial charge in [-0.25, -0.2) is 0 Å². The molecule has 2 unspecified atom stereocenters. The molecule has 0 spiro atoms. The van der Waals surface area contributed by atoms with Crippen molar-refractivity contribution in [1.29, 1.82) is 0 Å². The van der Waals surface area contributed by atoms with Crippen molar-refractivity contribution in [2.24, 2.45) is 17.8 Å². The van der Waals surface area contributed by atoms with E-state index in [1.165, 1.54) is 0 Å². The Morgan fingerprint density at radius 2 is 2.09 bits per heavy atom. The summed E-state index contributed by atoms with van der Waals surface area (Å²) in [6.45, 7) is 7.92. The number of nitrogens with zero attached hydrogens (tertiary/aromatic N) is 3. The van der Waals surface area contributed by atoms with E-state index in [0.717, 1.165) is 30.1 Å². The molecule has 1 amide bonds. The van der Waals surface area contributed by atoms with Crippen molar-refractivity contribution in [3.05, 3.63) is 29.7 Å². The third kappa shape index (κ3) is 1.94. The fourth-order valence-electron chi connectivity index (χ4n) is 3.73. The Morgan fingerprint density at radius 1 is 1.36 bits per heavy atom. The van der Waals surface area contributed by atoms with Gasteiger partial charge in [0.15, 0.2) is 11.5 Å². The number of carbonyl (C=O) groups excluding carboxylic acids is 1. The molecular weight excluding hydrogens is 278 g/mol. The van der Waals surface area contributed by atoms with Crippen molar-refractivity contribution < 1.29 is 4.79 Å². The molecule has 22 heavy (non-hydrogen) atoms. The van der Waals surface area contributed by atoms with Crippen LogP contribution in [0.4, 0.5) is 0 Å². The summed E-state index contributed by atoms with van der Waals surface area (Å²) in [4.78, 5) is 12.5. The fraction of sp³-hybridized carbons (Fsp3) is 0.562. The molecule has 2 aliphatic rings. The lowest BCUT2D eigenvalue weighted by Crippen LogP contribution is -2.44. The number of hydrogen-bond donors (Lipinski definition) is 2. The molecule has 1 saturated carbocycles. The van der Waals surface area contributed by atoms with Gasteiger partial charge in [0.2, 0.25) is 5.91 Å². The molecule has 2 fully saturated rings. The average Bonchev–Trinajstić information content (AvgIpc) is 2.85. The van der Waals surface area contributed by atoms with Crippen LogP contribution in [0.2, 0.25) is 0 Å². The number of pyridine rings is 1. The molecule has 6 heteroatoms. The summed E-state index contributed by atoms with van der Waals surface area (Å²) in [7, 11) is 0. The first kappa shape index (κ1) is 13.7. The summed E-state index contributed by atoms with van der Waals surface area (Å²) in [5.74, 6) is 2.12. The van der Waals surface area contributed by atoms with Crippen LogP contribution < -0.4 is 10.6 Å². The second-order valence-electron chi connectivity index (χ2n) is 7.03. The first-order valence-electron chi connectivity index (χ1n) is 7.82. The second kappa shape index (κ2) is 4.52. The fourth-order valence-corrected chi connectivity index (χ4v) is 3.73. The Labute approximate surface area is 129 Å². The molecular formula is C16H21N5O. The zero-order valence-electron chi connectivity index (χ0n) is 13.1. The standard InChI is InChI=1S/C16H21N5O/c1-9-5-4-6-21-13(9)19-20-15(21)16(2,3)18-14(22)12-10-7-17-8-11(10)12/h4-6,10-12,17H,7-8H2,1-3H3,(H,18,22). The molecule has 2 atom stereocenters. The van der Waals surface area contributed by atoms with Crippen LogP contribution in [0.3, 0.4) is 0 Å². The molecule has 2 aromatic heterocycles. The number of fused-ring (bicyclic) bond motifs is 2.